The Morgan fingerprint density at radius 1 is 1.06 bits per heavy atom. The zero-order valence-electron chi connectivity index (χ0n) is 12.0. The Hall–Kier alpha value is -0.570. The van der Waals surface area contributed by atoms with Gasteiger partial charge in [-0.05, 0) is 56.3 Å². The topological polar surface area (TPSA) is 29.1 Å². The quantitative estimate of drug-likeness (QED) is 0.761. The molecule has 0 unspecified atom stereocenters. The normalized spacial score (nSPS) is 42.1. The third kappa shape index (κ3) is 2.42. The molecule has 0 radical (unpaired) electrons. The molecule has 0 aromatic carbocycles. The first-order valence-corrected chi connectivity index (χ1v) is 7.45. The SMILES string of the molecule is C[N+](C)(C)CC(=O)NC12CC3CC(CC(C3)C1)C2. The maximum absolute atomic E-state index is 12.2. The molecule has 4 bridgehead atoms. The summed E-state index contributed by atoms with van der Waals surface area (Å²) in [6, 6.07) is 0. The molecule has 18 heavy (non-hydrogen) atoms. The first kappa shape index (κ1) is 12.5. The van der Waals surface area contributed by atoms with Crippen molar-refractivity contribution < 1.29 is 9.28 Å². The Bertz CT molecular complexity index is 321. The predicted molar refractivity (Wildman–Crippen MR) is 71.9 cm³/mol. The number of amides is 1. The number of carbonyl (C=O) groups is 1. The summed E-state index contributed by atoms with van der Waals surface area (Å²) in [7, 11) is 6.25. The van der Waals surface area contributed by atoms with Crippen molar-refractivity contribution in [1.29, 1.82) is 0 Å². The first-order chi connectivity index (χ1) is 8.34. The van der Waals surface area contributed by atoms with Gasteiger partial charge >= 0.3 is 0 Å². The van der Waals surface area contributed by atoms with Gasteiger partial charge in [-0.15, -0.1) is 0 Å². The van der Waals surface area contributed by atoms with Crippen molar-refractivity contribution in [1.82, 2.24) is 5.32 Å². The minimum atomic E-state index is 0.182. The Labute approximate surface area is 111 Å². The molecule has 102 valence electrons. The van der Waals surface area contributed by atoms with Gasteiger partial charge in [-0.1, -0.05) is 0 Å². The molecule has 0 atom stereocenters. The standard InChI is InChI=1S/C15H26N2O/c1-17(2,3)10-14(18)16-15-7-11-4-12(8-15)6-13(5-11)9-15/h11-13H,4-10H2,1-3H3/p+1. The molecule has 0 aliphatic heterocycles. The Balaban J connectivity index is 1.67. The summed E-state index contributed by atoms with van der Waals surface area (Å²) in [5, 5.41) is 3.43. The second-order valence-corrected chi connectivity index (χ2v) is 8.19. The molecule has 1 amide bonds. The van der Waals surface area contributed by atoms with Crippen LogP contribution in [0.4, 0.5) is 0 Å². The predicted octanol–water partition coefficient (Wildman–Crippen LogP) is 1.78. The van der Waals surface area contributed by atoms with Gasteiger partial charge in [-0.3, -0.25) is 4.79 Å². The molecule has 3 nitrogen and oxygen atoms in total. The first-order valence-electron chi connectivity index (χ1n) is 7.45. The molecule has 0 heterocycles. The number of nitrogens with one attached hydrogen (secondary N) is 1. The van der Waals surface area contributed by atoms with Crippen LogP contribution in [0.5, 0.6) is 0 Å². The van der Waals surface area contributed by atoms with E-state index in [4.69, 9.17) is 0 Å². The lowest BCUT2D eigenvalue weighted by atomic mass is 9.53. The molecule has 3 heteroatoms. The lowest BCUT2D eigenvalue weighted by Crippen LogP contribution is -2.61. The zero-order chi connectivity index (χ0) is 13.0. The van der Waals surface area contributed by atoms with Crippen LogP contribution >= 0.6 is 0 Å². The summed E-state index contributed by atoms with van der Waals surface area (Å²) in [6.07, 6.45) is 8.06. The summed E-state index contributed by atoms with van der Waals surface area (Å²) >= 11 is 0. The Morgan fingerprint density at radius 2 is 1.50 bits per heavy atom. The van der Waals surface area contributed by atoms with Gasteiger partial charge in [-0.25, -0.2) is 0 Å². The highest BCUT2D eigenvalue weighted by molar-refractivity contribution is 5.78. The van der Waals surface area contributed by atoms with E-state index in [9.17, 15) is 4.79 Å². The van der Waals surface area contributed by atoms with Gasteiger partial charge in [0.15, 0.2) is 6.54 Å². The molecular formula is C15H27N2O+. The van der Waals surface area contributed by atoms with E-state index < -0.39 is 0 Å². The van der Waals surface area contributed by atoms with Gasteiger partial charge < -0.3 is 9.80 Å². The van der Waals surface area contributed by atoms with Crippen LogP contribution in [0.25, 0.3) is 0 Å². The third-order valence-corrected chi connectivity index (χ3v) is 5.06. The van der Waals surface area contributed by atoms with Gasteiger partial charge in [0.1, 0.15) is 0 Å². The maximum atomic E-state index is 12.2. The van der Waals surface area contributed by atoms with Gasteiger partial charge in [0.2, 0.25) is 0 Å². The van der Waals surface area contributed by atoms with Crippen molar-refractivity contribution in [3.8, 4) is 0 Å². The van der Waals surface area contributed by atoms with Gasteiger partial charge in [0.25, 0.3) is 5.91 Å². The molecule has 0 aromatic rings. The summed E-state index contributed by atoms with van der Waals surface area (Å²) in [4.78, 5) is 12.2. The van der Waals surface area contributed by atoms with Crippen molar-refractivity contribution in [2.75, 3.05) is 27.7 Å². The van der Waals surface area contributed by atoms with E-state index >= 15 is 0 Å². The number of quaternary nitrogens is 1. The fraction of sp³-hybridized carbons (Fsp3) is 0.933. The summed E-state index contributed by atoms with van der Waals surface area (Å²) in [6.45, 7) is 0.599. The van der Waals surface area contributed by atoms with E-state index in [-0.39, 0.29) is 11.4 Å². The summed E-state index contributed by atoms with van der Waals surface area (Å²) < 4.78 is 0.720. The van der Waals surface area contributed by atoms with Crippen LogP contribution in [-0.2, 0) is 4.79 Å². The monoisotopic (exact) mass is 251 g/mol. The molecule has 4 saturated carbocycles. The van der Waals surface area contributed by atoms with Crippen molar-refractivity contribution in [2.24, 2.45) is 17.8 Å². The van der Waals surface area contributed by atoms with Crippen LogP contribution in [0.3, 0.4) is 0 Å². The third-order valence-electron chi connectivity index (χ3n) is 5.06. The van der Waals surface area contributed by atoms with Crippen LogP contribution in [0.15, 0.2) is 0 Å². The minimum Gasteiger partial charge on any atom is -0.346 e. The van der Waals surface area contributed by atoms with Crippen molar-refractivity contribution >= 4 is 5.91 Å². The summed E-state index contributed by atoms with van der Waals surface area (Å²) in [5.41, 5.74) is 0.182. The number of hydrogen-bond donors (Lipinski definition) is 1. The summed E-state index contributed by atoms with van der Waals surface area (Å²) in [5.74, 6) is 2.96. The molecule has 4 rings (SSSR count). The molecule has 4 aliphatic rings. The van der Waals surface area contributed by atoms with Crippen LogP contribution in [0, 0.1) is 17.8 Å². The van der Waals surface area contributed by atoms with E-state index in [0.29, 0.717) is 6.54 Å². The zero-order valence-corrected chi connectivity index (χ0v) is 12.0. The van der Waals surface area contributed by atoms with E-state index in [1.807, 2.05) is 0 Å². The van der Waals surface area contributed by atoms with Crippen molar-refractivity contribution in [2.45, 2.75) is 44.1 Å². The Kier molecular flexibility index (Phi) is 2.74. The van der Waals surface area contributed by atoms with Gasteiger partial charge in [0, 0.05) is 5.54 Å². The number of nitrogens with zero attached hydrogens (tertiary/aromatic N) is 1. The minimum absolute atomic E-state index is 0.182. The largest absolute Gasteiger partial charge is 0.346 e. The second kappa shape index (κ2) is 3.96. The van der Waals surface area contributed by atoms with Crippen molar-refractivity contribution in [3.63, 3.8) is 0 Å². The van der Waals surface area contributed by atoms with Crippen molar-refractivity contribution in [3.05, 3.63) is 0 Å². The highest BCUT2D eigenvalue weighted by Gasteiger charge is 2.51. The van der Waals surface area contributed by atoms with E-state index in [1.165, 1.54) is 38.5 Å². The van der Waals surface area contributed by atoms with E-state index in [2.05, 4.69) is 26.5 Å². The lowest BCUT2D eigenvalue weighted by Gasteiger charge is -2.56. The molecule has 4 fully saturated rings. The van der Waals surface area contributed by atoms with E-state index in [0.717, 1.165) is 22.2 Å². The van der Waals surface area contributed by atoms with Crippen LogP contribution in [-0.4, -0.2) is 43.6 Å². The fourth-order valence-corrected chi connectivity index (χ4v) is 5.03. The fourth-order valence-electron chi connectivity index (χ4n) is 5.03. The number of carbonyl (C=O) groups excluding carboxylic acids is 1. The number of rotatable bonds is 3. The second-order valence-electron chi connectivity index (χ2n) is 8.19. The molecule has 0 spiro atoms. The molecule has 0 saturated heterocycles. The molecular weight excluding hydrogens is 224 g/mol. The maximum Gasteiger partial charge on any atom is 0.275 e. The van der Waals surface area contributed by atoms with Crippen LogP contribution < -0.4 is 5.32 Å². The highest BCUT2D eigenvalue weighted by Crippen LogP contribution is 2.55. The highest BCUT2D eigenvalue weighted by atomic mass is 16.2. The number of hydrogen-bond acceptors (Lipinski definition) is 1. The average molecular weight is 251 g/mol. The van der Waals surface area contributed by atoms with Gasteiger partial charge in [-0.2, -0.15) is 0 Å². The smallest absolute Gasteiger partial charge is 0.275 e. The lowest BCUT2D eigenvalue weighted by molar-refractivity contribution is -0.862. The average Bonchev–Trinajstić information content (AvgIpc) is 2.09. The molecule has 4 aliphatic carbocycles. The molecule has 0 aromatic heterocycles. The Morgan fingerprint density at radius 3 is 1.89 bits per heavy atom. The number of likely N-dealkylation sites (N-methyl/N-ethyl adjacent to an activating group) is 1. The van der Waals surface area contributed by atoms with Crippen LogP contribution in [0.2, 0.25) is 0 Å². The van der Waals surface area contributed by atoms with E-state index in [1.54, 1.807) is 0 Å². The molecule has 1 N–H and O–H groups in total. The van der Waals surface area contributed by atoms with Crippen LogP contribution in [0.1, 0.15) is 38.5 Å². The van der Waals surface area contributed by atoms with Gasteiger partial charge in [0.05, 0.1) is 21.1 Å².